The van der Waals surface area contributed by atoms with Crippen LogP contribution in [0.2, 0.25) is 0 Å². The molecule has 0 aliphatic carbocycles. The summed E-state index contributed by atoms with van der Waals surface area (Å²) in [5, 5.41) is 9.43. The Hall–Kier alpha value is -2.65. The molecule has 0 saturated carbocycles. The van der Waals surface area contributed by atoms with Crippen LogP contribution in [0.25, 0.3) is 21.9 Å². The molecular weight excluding hydrogens is 408 g/mol. The number of thioether (sulfide) groups is 1. The molecule has 1 aliphatic rings. The Bertz CT molecular complexity index is 1090. The molecule has 1 amide bonds. The van der Waals surface area contributed by atoms with Crippen LogP contribution in [0.4, 0.5) is 0 Å². The number of carbonyl (C=O) groups is 1. The van der Waals surface area contributed by atoms with Gasteiger partial charge in [0.05, 0.1) is 27.2 Å². The molecule has 1 fully saturated rings. The molecule has 4 aromatic rings. The highest BCUT2D eigenvalue weighted by atomic mass is 32.2. The van der Waals surface area contributed by atoms with Crippen molar-refractivity contribution in [1.82, 2.24) is 20.1 Å². The number of benzene rings is 1. The molecule has 0 N–H and O–H groups in total. The predicted octanol–water partition coefficient (Wildman–Crippen LogP) is 4.44. The van der Waals surface area contributed by atoms with E-state index >= 15 is 0 Å². The molecule has 1 saturated heterocycles. The number of fused-ring (bicyclic) bond motifs is 1. The van der Waals surface area contributed by atoms with Crippen molar-refractivity contribution in [2.45, 2.75) is 24.0 Å². The summed E-state index contributed by atoms with van der Waals surface area (Å²) in [6.45, 7) is 1.49. The SMILES string of the molecule is O=C(CSc1nnc(-c2ccco2)o1)N1CCCC(c2nc3ccccc3s2)C1. The lowest BCUT2D eigenvalue weighted by Crippen LogP contribution is -2.40. The lowest BCUT2D eigenvalue weighted by Gasteiger charge is -2.31. The first-order valence-corrected chi connectivity index (χ1v) is 11.2. The normalized spacial score (nSPS) is 17.1. The maximum Gasteiger partial charge on any atom is 0.284 e. The van der Waals surface area contributed by atoms with Crippen LogP contribution in [-0.2, 0) is 4.79 Å². The number of furan rings is 1. The van der Waals surface area contributed by atoms with E-state index < -0.39 is 0 Å². The maximum atomic E-state index is 12.7. The number of amides is 1. The predicted molar refractivity (Wildman–Crippen MR) is 111 cm³/mol. The summed E-state index contributed by atoms with van der Waals surface area (Å²) in [7, 11) is 0. The number of likely N-dealkylation sites (tertiary alicyclic amines) is 1. The van der Waals surface area contributed by atoms with Crippen LogP contribution in [0.3, 0.4) is 0 Å². The van der Waals surface area contributed by atoms with Gasteiger partial charge in [0.1, 0.15) is 0 Å². The Morgan fingerprint density at radius 1 is 1.24 bits per heavy atom. The van der Waals surface area contributed by atoms with Gasteiger partial charge in [0.25, 0.3) is 11.1 Å². The second-order valence-electron chi connectivity index (χ2n) is 6.84. The highest BCUT2D eigenvalue weighted by Crippen LogP contribution is 2.33. The summed E-state index contributed by atoms with van der Waals surface area (Å²) < 4.78 is 12.0. The van der Waals surface area contributed by atoms with Gasteiger partial charge in [-0.25, -0.2) is 4.98 Å². The van der Waals surface area contributed by atoms with Crippen molar-refractivity contribution in [1.29, 1.82) is 0 Å². The minimum absolute atomic E-state index is 0.0820. The standard InChI is InChI=1S/C20H18N4O3S2/c25-17(12-28-20-23-22-18(27-20)15-7-4-10-26-15)24-9-3-5-13(11-24)19-21-14-6-1-2-8-16(14)29-19/h1-2,4,6-8,10,13H,3,5,9,11-12H2. The molecule has 9 heteroatoms. The summed E-state index contributed by atoms with van der Waals surface area (Å²) in [6, 6.07) is 11.7. The van der Waals surface area contributed by atoms with Crippen molar-refractivity contribution >= 4 is 39.2 Å². The molecule has 4 heterocycles. The summed E-state index contributed by atoms with van der Waals surface area (Å²) in [5.41, 5.74) is 1.04. The van der Waals surface area contributed by atoms with Gasteiger partial charge < -0.3 is 13.7 Å². The monoisotopic (exact) mass is 426 g/mol. The molecule has 0 radical (unpaired) electrons. The Labute approximate surface area is 175 Å². The summed E-state index contributed by atoms with van der Waals surface area (Å²) in [5.74, 6) is 1.48. The fraction of sp³-hybridized carbons (Fsp3) is 0.300. The minimum Gasteiger partial charge on any atom is -0.459 e. The van der Waals surface area contributed by atoms with Crippen LogP contribution in [0, 0.1) is 0 Å². The van der Waals surface area contributed by atoms with E-state index in [-0.39, 0.29) is 11.7 Å². The Morgan fingerprint density at radius 3 is 3.03 bits per heavy atom. The van der Waals surface area contributed by atoms with Crippen molar-refractivity contribution in [3.63, 3.8) is 0 Å². The van der Waals surface area contributed by atoms with E-state index in [9.17, 15) is 4.79 Å². The van der Waals surface area contributed by atoms with Crippen LogP contribution in [0.1, 0.15) is 23.8 Å². The lowest BCUT2D eigenvalue weighted by atomic mass is 9.99. The van der Waals surface area contributed by atoms with Crippen molar-refractivity contribution < 1.29 is 13.6 Å². The van der Waals surface area contributed by atoms with Gasteiger partial charge in [-0.15, -0.1) is 21.5 Å². The largest absolute Gasteiger partial charge is 0.459 e. The third kappa shape index (κ3) is 3.92. The fourth-order valence-electron chi connectivity index (χ4n) is 3.45. The van der Waals surface area contributed by atoms with Crippen LogP contribution in [0.5, 0.6) is 0 Å². The van der Waals surface area contributed by atoms with Gasteiger partial charge >= 0.3 is 0 Å². The first-order valence-electron chi connectivity index (χ1n) is 9.40. The molecule has 148 valence electrons. The molecule has 5 rings (SSSR count). The number of hydrogen-bond acceptors (Lipinski definition) is 8. The van der Waals surface area contributed by atoms with Gasteiger partial charge in [0, 0.05) is 19.0 Å². The lowest BCUT2D eigenvalue weighted by molar-refractivity contribution is -0.129. The first-order chi connectivity index (χ1) is 14.3. The number of carbonyl (C=O) groups excluding carboxylic acids is 1. The van der Waals surface area contributed by atoms with E-state index in [2.05, 4.69) is 16.3 Å². The highest BCUT2D eigenvalue weighted by molar-refractivity contribution is 7.99. The van der Waals surface area contributed by atoms with E-state index in [4.69, 9.17) is 13.8 Å². The highest BCUT2D eigenvalue weighted by Gasteiger charge is 2.27. The van der Waals surface area contributed by atoms with Gasteiger partial charge in [-0.3, -0.25) is 4.79 Å². The van der Waals surface area contributed by atoms with Gasteiger partial charge in [0.15, 0.2) is 5.76 Å². The topological polar surface area (TPSA) is 85.3 Å². The molecular formula is C20H18N4O3S2. The van der Waals surface area contributed by atoms with Gasteiger partial charge in [-0.05, 0) is 37.1 Å². The molecule has 7 nitrogen and oxygen atoms in total. The zero-order chi connectivity index (χ0) is 19.6. The van der Waals surface area contributed by atoms with Crippen molar-refractivity contribution in [3.8, 4) is 11.7 Å². The van der Waals surface area contributed by atoms with Gasteiger partial charge in [-0.1, -0.05) is 23.9 Å². The van der Waals surface area contributed by atoms with Crippen LogP contribution in [-0.4, -0.2) is 44.8 Å². The van der Waals surface area contributed by atoms with E-state index in [1.165, 1.54) is 16.5 Å². The summed E-state index contributed by atoms with van der Waals surface area (Å²) in [4.78, 5) is 19.4. The van der Waals surface area contributed by atoms with E-state index in [1.807, 2.05) is 23.1 Å². The van der Waals surface area contributed by atoms with Crippen LogP contribution < -0.4 is 0 Å². The average Bonchev–Trinajstić information content (AvgIpc) is 3.52. The zero-order valence-electron chi connectivity index (χ0n) is 15.5. The van der Waals surface area contributed by atoms with Gasteiger partial charge in [-0.2, -0.15) is 0 Å². The fourth-order valence-corrected chi connectivity index (χ4v) is 5.21. The molecule has 1 aromatic carbocycles. The smallest absolute Gasteiger partial charge is 0.284 e. The number of thiazole rings is 1. The number of aromatic nitrogens is 3. The van der Waals surface area contributed by atoms with Crippen LogP contribution >= 0.6 is 23.1 Å². The number of rotatable bonds is 5. The second-order valence-corrected chi connectivity index (χ2v) is 8.83. The summed E-state index contributed by atoms with van der Waals surface area (Å²) >= 11 is 2.99. The average molecular weight is 427 g/mol. The van der Waals surface area contributed by atoms with E-state index in [0.29, 0.717) is 29.3 Å². The number of piperidine rings is 1. The Balaban J connectivity index is 1.21. The minimum atomic E-state index is 0.0820. The Kier molecular flexibility index (Phi) is 5.07. The van der Waals surface area contributed by atoms with Crippen molar-refractivity contribution in [2.24, 2.45) is 0 Å². The molecule has 29 heavy (non-hydrogen) atoms. The number of nitrogens with zero attached hydrogens (tertiary/aromatic N) is 4. The number of hydrogen-bond donors (Lipinski definition) is 0. The molecule has 1 aliphatic heterocycles. The van der Waals surface area contributed by atoms with Crippen molar-refractivity contribution in [3.05, 3.63) is 47.7 Å². The zero-order valence-corrected chi connectivity index (χ0v) is 17.1. The molecule has 1 unspecified atom stereocenters. The third-order valence-electron chi connectivity index (χ3n) is 4.89. The first kappa shape index (κ1) is 18.4. The maximum absolute atomic E-state index is 12.7. The third-order valence-corrected chi connectivity index (χ3v) is 6.89. The molecule has 0 bridgehead atoms. The van der Waals surface area contributed by atoms with Crippen molar-refractivity contribution in [2.75, 3.05) is 18.8 Å². The molecule has 0 spiro atoms. The van der Waals surface area contributed by atoms with Gasteiger partial charge in [0.2, 0.25) is 5.91 Å². The van der Waals surface area contributed by atoms with E-state index in [0.717, 1.165) is 29.9 Å². The summed E-state index contributed by atoms with van der Waals surface area (Å²) in [6.07, 6.45) is 3.60. The van der Waals surface area contributed by atoms with Crippen LogP contribution in [0.15, 0.2) is 56.7 Å². The Morgan fingerprint density at radius 2 is 2.17 bits per heavy atom. The molecule has 3 aromatic heterocycles. The molecule has 1 atom stereocenters. The quantitative estimate of drug-likeness (QED) is 0.436. The van der Waals surface area contributed by atoms with E-state index in [1.54, 1.807) is 29.7 Å². The number of para-hydroxylation sites is 1. The second kappa shape index (κ2) is 8.00.